The number of hydrogen-bond donors (Lipinski definition) is 2. The van der Waals surface area contributed by atoms with E-state index in [2.05, 4.69) is 11.9 Å². The number of epoxide rings is 1. The summed E-state index contributed by atoms with van der Waals surface area (Å²) in [7, 11) is 0. The second-order valence-electron chi connectivity index (χ2n) is 11.8. The minimum absolute atomic E-state index is 0.0637. The molecule has 1 aromatic heterocycles. The van der Waals surface area contributed by atoms with Crippen molar-refractivity contribution in [1.29, 1.82) is 0 Å². The SMILES string of the molecule is CC[C@H](C)C1C(=O)[C@H](C)[C@@H](O)[C@@H](C)CCC[C@@]2(C)OC2C[C@@H](c2ccc3cccnc3c2)OC(=O)C[C@@H]1O. The number of fused-ring (bicyclic) bond motifs is 2. The normalized spacial score (nSPS) is 36.3. The van der Waals surface area contributed by atoms with E-state index in [0.29, 0.717) is 12.8 Å². The van der Waals surface area contributed by atoms with Crippen LogP contribution in [0.4, 0.5) is 0 Å². The van der Waals surface area contributed by atoms with Gasteiger partial charge in [0.05, 0.1) is 35.9 Å². The molecule has 0 saturated carbocycles. The van der Waals surface area contributed by atoms with E-state index in [4.69, 9.17) is 9.47 Å². The smallest absolute Gasteiger partial charge is 0.309 e. The lowest BCUT2D eigenvalue weighted by Crippen LogP contribution is -2.42. The van der Waals surface area contributed by atoms with E-state index in [9.17, 15) is 19.8 Å². The quantitative estimate of drug-likeness (QED) is 0.420. The van der Waals surface area contributed by atoms with E-state index in [0.717, 1.165) is 35.7 Å². The highest BCUT2D eigenvalue weighted by molar-refractivity contribution is 5.85. The fraction of sp³-hybridized carbons (Fsp3) is 0.645. The molecule has 3 heterocycles. The van der Waals surface area contributed by atoms with Crippen LogP contribution in [0, 0.1) is 23.7 Å². The molecule has 1 aromatic carbocycles. The van der Waals surface area contributed by atoms with Crippen molar-refractivity contribution in [2.75, 3.05) is 0 Å². The van der Waals surface area contributed by atoms with Crippen molar-refractivity contribution in [2.24, 2.45) is 23.7 Å². The lowest BCUT2D eigenvalue weighted by atomic mass is 9.75. The maximum atomic E-state index is 13.5. The number of benzene rings is 1. The molecular weight excluding hydrogens is 482 g/mol. The Bertz CT molecular complexity index is 1140. The van der Waals surface area contributed by atoms with Crippen molar-refractivity contribution >= 4 is 22.7 Å². The van der Waals surface area contributed by atoms with Crippen molar-refractivity contribution in [3.05, 3.63) is 42.1 Å². The third kappa shape index (κ3) is 6.27. The standard InChI is InChI=1S/C31H43NO6/c1-6-18(2)28-24(33)16-27(34)37-25(22-12-11-21-10-8-14-32-23(21)15-22)17-26-31(5,38-26)13-7-9-19(3)29(35)20(4)30(28)36/h8,10-12,14-15,18-20,24-26,28-29,33,35H,6-7,9,13,16-17H2,1-5H3/t18-,19-,20+,24-,25-,26?,28?,29-,31+/m0/s1. The van der Waals surface area contributed by atoms with Crippen LogP contribution >= 0.6 is 0 Å². The molecule has 2 N–H and O–H groups in total. The number of aliphatic hydroxyl groups is 2. The summed E-state index contributed by atoms with van der Waals surface area (Å²) in [6, 6.07) is 9.73. The first-order valence-electron chi connectivity index (χ1n) is 14.2. The van der Waals surface area contributed by atoms with Crippen LogP contribution in [0.25, 0.3) is 10.9 Å². The van der Waals surface area contributed by atoms with Gasteiger partial charge in [-0.1, -0.05) is 58.7 Å². The molecule has 2 fully saturated rings. The van der Waals surface area contributed by atoms with Crippen LogP contribution in [-0.4, -0.2) is 50.9 Å². The predicted octanol–water partition coefficient (Wildman–Crippen LogP) is 5.17. The van der Waals surface area contributed by atoms with E-state index in [1.165, 1.54) is 0 Å². The highest BCUT2D eigenvalue weighted by Gasteiger charge is 2.53. The summed E-state index contributed by atoms with van der Waals surface area (Å²) in [4.78, 5) is 31.2. The number of pyridine rings is 1. The summed E-state index contributed by atoms with van der Waals surface area (Å²) >= 11 is 0. The largest absolute Gasteiger partial charge is 0.457 e. The monoisotopic (exact) mass is 525 g/mol. The van der Waals surface area contributed by atoms with Gasteiger partial charge < -0.3 is 19.7 Å². The number of nitrogens with zero attached hydrogens (tertiary/aromatic N) is 1. The van der Waals surface area contributed by atoms with Crippen molar-refractivity contribution in [3.8, 4) is 0 Å². The zero-order valence-electron chi connectivity index (χ0n) is 23.3. The molecule has 0 spiro atoms. The lowest BCUT2D eigenvalue weighted by molar-refractivity contribution is -0.154. The Morgan fingerprint density at radius 1 is 1.18 bits per heavy atom. The molecule has 0 radical (unpaired) electrons. The van der Waals surface area contributed by atoms with Gasteiger partial charge in [0.25, 0.3) is 0 Å². The minimum Gasteiger partial charge on any atom is -0.457 e. The number of aliphatic hydroxyl groups excluding tert-OH is 2. The highest BCUT2D eigenvalue weighted by atomic mass is 16.6. The van der Waals surface area contributed by atoms with Gasteiger partial charge >= 0.3 is 5.97 Å². The molecule has 208 valence electrons. The first kappa shape index (κ1) is 28.7. The number of ketones is 1. The molecule has 38 heavy (non-hydrogen) atoms. The Hall–Kier alpha value is -2.35. The fourth-order valence-electron chi connectivity index (χ4n) is 6.06. The molecule has 2 saturated heterocycles. The van der Waals surface area contributed by atoms with Gasteiger partial charge in [-0.3, -0.25) is 14.6 Å². The topological polar surface area (TPSA) is 109 Å². The van der Waals surface area contributed by atoms with E-state index in [1.54, 1.807) is 13.1 Å². The summed E-state index contributed by atoms with van der Waals surface area (Å²) in [5, 5.41) is 23.1. The van der Waals surface area contributed by atoms with E-state index in [-0.39, 0.29) is 35.7 Å². The van der Waals surface area contributed by atoms with Crippen molar-refractivity contribution < 1.29 is 29.3 Å². The van der Waals surface area contributed by atoms with E-state index >= 15 is 0 Å². The second-order valence-corrected chi connectivity index (χ2v) is 11.8. The number of hydrogen-bond acceptors (Lipinski definition) is 7. The number of rotatable bonds is 3. The summed E-state index contributed by atoms with van der Waals surface area (Å²) in [6.07, 6.45) is 2.45. The molecule has 4 rings (SSSR count). The van der Waals surface area contributed by atoms with Gasteiger partial charge in [-0.25, -0.2) is 0 Å². The van der Waals surface area contributed by atoms with Crippen LogP contribution < -0.4 is 0 Å². The molecule has 0 bridgehead atoms. The predicted molar refractivity (Wildman–Crippen MR) is 145 cm³/mol. The summed E-state index contributed by atoms with van der Waals surface area (Å²) < 4.78 is 12.1. The van der Waals surface area contributed by atoms with Crippen molar-refractivity contribution in [1.82, 2.24) is 4.98 Å². The Morgan fingerprint density at radius 3 is 2.68 bits per heavy atom. The number of carbonyl (C=O) groups is 2. The molecule has 2 aliphatic rings. The van der Waals surface area contributed by atoms with E-state index < -0.39 is 36.1 Å². The molecule has 9 atom stereocenters. The van der Waals surface area contributed by atoms with Gasteiger partial charge in [0.1, 0.15) is 11.9 Å². The fourth-order valence-corrected chi connectivity index (χ4v) is 6.06. The first-order chi connectivity index (χ1) is 18.0. The van der Waals surface area contributed by atoms with Crippen LogP contribution in [0.2, 0.25) is 0 Å². The van der Waals surface area contributed by atoms with Crippen LogP contribution in [-0.2, 0) is 19.1 Å². The maximum Gasteiger partial charge on any atom is 0.309 e. The number of Topliss-reactive ketones (excluding diaryl/α,β-unsaturated/α-hetero) is 1. The van der Waals surface area contributed by atoms with Gasteiger partial charge in [-0.05, 0) is 49.3 Å². The van der Waals surface area contributed by atoms with E-state index in [1.807, 2.05) is 51.1 Å². The average molecular weight is 526 g/mol. The molecule has 2 unspecified atom stereocenters. The van der Waals surface area contributed by atoms with Crippen LogP contribution in [0.5, 0.6) is 0 Å². The average Bonchev–Trinajstić information content (AvgIpc) is 3.54. The number of cyclic esters (lactones) is 1. The summed E-state index contributed by atoms with van der Waals surface area (Å²) in [5.41, 5.74) is 1.33. The summed E-state index contributed by atoms with van der Waals surface area (Å²) in [6.45, 7) is 9.66. The molecular formula is C31H43NO6. The summed E-state index contributed by atoms with van der Waals surface area (Å²) in [5.74, 6) is -2.35. The van der Waals surface area contributed by atoms with Crippen LogP contribution in [0.15, 0.2) is 36.5 Å². The number of carbonyl (C=O) groups excluding carboxylic acids is 2. The van der Waals surface area contributed by atoms with Gasteiger partial charge in [-0.2, -0.15) is 0 Å². The lowest BCUT2D eigenvalue weighted by Gasteiger charge is -2.32. The van der Waals surface area contributed by atoms with Gasteiger partial charge in [-0.15, -0.1) is 0 Å². The van der Waals surface area contributed by atoms with Gasteiger partial charge in [0.15, 0.2) is 0 Å². The second kappa shape index (κ2) is 11.8. The maximum absolute atomic E-state index is 13.5. The number of aromatic nitrogens is 1. The third-order valence-corrected chi connectivity index (χ3v) is 8.99. The highest BCUT2D eigenvalue weighted by Crippen LogP contribution is 2.46. The Morgan fingerprint density at radius 2 is 1.95 bits per heavy atom. The minimum atomic E-state index is -1.19. The third-order valence-electron chi connectivity index (χ3n) is 8.99. The molecule has 0 amide bonds. The number of esters is 1. The molecule has 0 aliphatic carbocycles. The first-order valence-corrected chi connectivity index (χ1v) is 14.2. The molecule has 2 aliphatic heterocycles. The number of ether oxygens (including phenoxy) is 2. The van der Waals surface area contributed by atoms with Crippen LogP contribution in [0.3, 0.4) is 0 Å². The van der Waals surface area contributed by atoms with Crippen molar-refractivity contribution in [3.63, 3.8) is 0 Å². The Labute approximate surface area is 225 Å². The molecule has 7 heteroatoms. The molecule has 2 aromatic rings. The Kier molecular flexibility index (Phi) is 8.90. The zero-order chi connectivity index (χ0) is 27.6. The Balaban J connectivity index is 1.63. The van der Waals surface area contributed by atoms with Crippen molar-refractivity contribution in [2.45, 2.75) is 103 Å². The zero-order valence-corrected chi connectivity index (χ0v) is 23.3. The van der Waals surface area contributed by atoms with Crippen LogP contribution in [0.1, 0.15) is 84.8 Å². The molecule has 7 nitrogen and oxygen atoms in total. The van der Waals surface area contributed by atoms with Gasteiger partial charge in [0, 0.05) is 29.8 Å². The van der Waals surface area contributed by atoms with Gasteiger partial charge in [0.2, 0.25) is 0 Å².